The molecular weight excluding hydrogens is 495 g/mol. The highest BCUT2D eigenvalue weighted by molar-refractivity contribution is 6.34. The zero-order valence-electron chi connectivity index (χ0n) is 21.3. The molecule has 0 atom stereocenters. The molecule has 2 amide bonds. The summed E-state index contributed by atoms with van der Waals surface area (Å²) in [6, 6.07) is 10.8. The quantitative estimate of drug-likeness (QED) is 0.438. The number of aliphatic hydroxyl groups is 1. The minimum absolute atomic E-state index is 0.156. The van der Waals surface area contributed by atoms with Gasteiger partial charge in [0.2, 0.25) is 0 Å². The van der Waals surface area contributed by atoms with Crippen LogP contribution >= 0.6 is 11.6 Å². The van der Waals surface area contributed by atoms with Crippen LogP contribution in [0.3, 0.4) is 0 Å². The van der Waals surface area contributed by atoms with Gasteiger partial charge in [-0.15, -0.1) is 0 Å². The molecule has 3 aromatic rings. The first-order chi connectivity index (χ1) is 17.6. The molecule has 2 N–H and O–H groups in total. The van der Waals surface area contributed by atoms with Crippen molar-refractivity contribution in [3.63, 3.8) is 0 Å². The number of rotatable bonds is 6. The fourth-order valence-electron chi connectivity index (χ4n) is 4.65. The monoisotopic (exact) mass is 526 g/mol. The number of nitrogens with zero attached hydrogens (tertiary/aromatic N) is 3. The number of piperidine rings is 1. The van der Waals surface area contributed by atoms with E-state index >= 15 is 0 Å². The van der Waals surface area contributed by atoms with Crippen LogP contribution in [0.4, 0.5) is 10.1 Å². The van der Waals surface area contributed by atoms with Crippen molar-refractivity contribution in [2.45, 2.75) is 45.6 Å². The Morgan fingerprint density at radius 3 is 2.41 bits per heavy atom. The van der Waals surface area contributed by atoms with E-state index in [1.165, 1.54) is 18.3 Å². The highest BCUT2D eigenvalue weighted by atomic mass is 35.5. The molecule has 0 radical (unpaired) electrons. The lowest BCUT2D eigenvalue weighted by Crippen LogP contribution is -2.38. The highest BCUT2D eigenvalue weighted by Crippen LogP contribution is 2.31. The number of carbonyl (C=O) groups excluding carboxylic acids is 2. The summed E-state index contributed by atoms with van der Waals surface area (Å²) in [5.41, 5.74) is 1.89. The number of nitrogens with one attached hydrogen (secondary N) is 1. The zero-order valence-corrected chi connectivity index (χ0v) is 22.1. The average molecular weight is 527 g/mol. The van der Waals surface area contributed by atoms with E-state index in [1.54, 1.807) is 39.9 Å². The predicted octanol–water partition coefficient (Wildman–Crippen LogP) is 5.58. The Balaban J connectivity index is 1.58. The lowest BCUT2D eigenvalue weighted by Gasteiger charge is -2.32. The third kappa shape index (κ3) is 6.02. The molecule has 1 aliphatic heterocycles. The minimum Gasteiger partial charge on any atom is -0.396 e. The Labute approximate surface area is 221 Å². The van der Waals surface area contributed by atoms with Gasteiger partial charge in [-0.3, -0.25) is 14.3 Å². The van der Waals surface area contributed by atoms with Crippen LogP contribution in [0.25, 0.3) is 11.3 Å². The van der Waals surface area contributed by atoms with Gasteiger partial charge in [0, 0.05) is 30.9 Å². The number of aromatic nitrogens is 2. The summed E-state index contributed by atoms with van der Waals surface area (Å²) in [4.78, 5) is 28.4. The van der Waals surface area contributed by atoms with Gasteiger partial charge >= 0.3 is 0 Å². The predicted molar refractivity (Wildman–Crippen MR) is 142 cm³/mol. The Hall–Kier alpha value is -3.23. The van der Waals surface area contributed by atoms with Crippen LogP contribution in [0.2, 0.25) is 5.02 Å². The first kappa shape index (κ1) is 26.8. The van der Waals surface area contributed by atoms with Crippen molar-refractivity contribution >= 4 is 29.1 Å². The van der Waals surface area contributed by atoms with Crippen LogP contribution < -0.4 is 5.32 Å². The Bertz CT molecular complexity index is 1280. The van der Waals surface area contributed by atoms with E-state index in [4.69, 9.17) is 11.6 Å². The maximum atomic E-state index is 13.6. The van der Waals surface area contributed by atoms with E-state index in [1.807, 2.05) is 20.8 Å². The van der Waals surface area contributed by atoms with Crippen molar-refractivity contribution in [1.29, 1.82) is 0 Å². The van der Waals surface area contributed by atoms with Crippen molar-refractivity contribution in [3.05, 3.63) is 70.6 Å². The molecule has 2 heterocycles. The normalized spacial score (nSPS) is 14.6. The summed E-state index contributed by atoms with van der Waals surface area (Å²) in [5.74, 6) is -0.538. The molecule has 0 spiro atoms. The van der Waals surface area contributed by atoms with E-state index in [0.29, 0.717) is 52.1 Å². The smallest absolute Gasteiger partial charge is 0.259 e. The Morgan fingerprint density at radius 2 is 1.78 bits per heavy atom. The molecule has 1 aromatic heterocycles. The second-order valence-electron chi connectivity index (χ2n) is 10.4. The summed E-state index contributed by atoms with van der Waals surface area (Å²) < 4.78 is 15.3. The number of carbonyl (C=O) groups is 2. The van der Waals surface area contributed by atoms with Gasteiger partial charge in [-0.25, -0.2) is 4.39 Å². The zero-order chi connectivity index (χ0) is 26.7. The molecule has 196 valence electrons. The third-order valence-corrected chi connectivity index (χ3v) is 6.99. The van der Waals surface area contributed by atoms with E-state index in [2.05, 4.69) is 10.4 Å². The number of hydrogen-bond donors (Lipinski definition) is 2. The molecule has 9 heteroatoms. The summed E-state index contributed by atoms with van der Waals surface area (Å²) in [7, 11) is 0. The molecule has 4 rings (SSSR count). The van der Waals surface area contributed by atoms with Gasteiger partial charge in [-0.2, -0.15) is 5.10 Å². The molecule has 1 saturated heterocycles. The fourth-order valence-corrected chi connectivity index (χ4v) is 4.85. The molecule has 0 saturated carbocycles. The van der Waals surface area contributed by atoms with Gasteiger partial charge in [-0.1, -0.05) is 11.6 Å². The number of anilines is 1. The van der Waals surface area contributed by atoms with E-state index in [9.17, 15) is 19.1 Å². The number of aliphatic hydroxyl groups excluding tert-OH is 1. The van der Waals surface area contributed by atoms with Crippen molar-refractivity contribution in [3.8, 4) is 11.3 Å². The Kier molecular flexibility index (Phi) is 7.99. The van der Waals surface area contributed by atoms with Gasteiger partial charge in [0.15, 0.2) is 0 Å². The summed E-state index contributed by atoms with van der Waals surface area (Å²) in [6.07, 6.45) is 3.92. The number of amides is 2. The van der Waals surface area contributed by atoms with Gasteiger partial charge in [0.1, 0.15) is 5.82 Å². The first-order valence-corrected chi connectivity index (χ1v) is 12.8. The molecule has 1 aliphatic rings. The highest BCUT2D eigenvalue weighted by Gasteiger charge is 2.27. The maximum absolute atomic E-state index is 13.6. The van der Waals surface area contributed by atoms with Crippen molar-refractivity contribution in [2.75, 3.05) is 25.0 Å². The van der Waals surface area contributed by atoms with Crippen molar-refractivity contribution in [1.82, 2.24) is 14.7 Å². The van der Waals surface area contributed by atoms with Gasteiger partial charge in [0.25, 0.3) is 11.8 Å². The van der Waals surface area contributed by atoms with Crippen LogP contribution in [-0.4, -0.2) is 51.3 Å². The van der Waals surface area contributed by atoms with Crippen molar-refractivity contribution < 1.29 is 19.1 Å². The van der Waals surface area contributed by atoms with Gasteiger partial charge in [-0.05, 0) is 88.4 Å². The standard InChI is InChI=1S/C28H32ClFN4O3/c1-28(2,3)34-25(19-4-6-20(30)7-5-19)23(17-31-34)26(36)32-21-8-9-24(29)22(16-21)27(37)33-13-10-18(11-14-33)12-15-35/h4-9,16-18,35H,10-15H2,1-3H3,(H,32,36). The molecule has 0 bridgehead atoms. The first-order valence-electron chi connectivity index (χ1n) is 12.4. The molecule has 1 fully saturated rings. The fraction of sp³-hybridized carbons (Fsp3) is 0.393. The third-order valence-electron chi connectivity index (χ3n) is 6.66. The number of likely N-dealkylation sites (tertiary alicyclic amines) is 1. The summed E-state index contributed by atoms with van der Waals surface area (Å²) in [5, 5.41) is 16.8. The second-order valence-corrected chi connectivity index (χ2v) is 10.8. The van der Waals surface area contributed by atoms with E-state index < -0.39 is 11.4 Å². The number of benzene rings is 2. The van der Waals surface area contributed by atoms with Gasteiger partial charge in [0.05, 0.1) is 33.6 Å². The number of halogens is 2. The average Bonchev–Trinajstić information content (AvgIpc) is 3.32. The molecule has 0 aliphatic carbocycles. The van der Waals surface area contributed by atoms with Crippen molar-refractivity contribution in [2.24, 2.45) is 5.92 Å². The maximum Gasteiger partial charge on any atom is 0.259 e. The Morgan fingerprint density at radius 1 is 1.11 bits per heavy atom. The lowest BCUT2D eigenvalue weighted by atomic mass is 9.93. The van der Waals surface area contributed by atoms with Gasteiger partial charge < -0.3 is 15.3 Å². The number of hydrogen-bond acceptors (Lipinski definition) is 4. The SMILES string of the molecule is CC(C)(C)n1ncc(C(=O)Nc2ccc(Cl)c(C(=O)N3CCC(CCO)CC3)c2)c1-c1ccc(F)cc1. The minimum atomic E-state index is -0.424. The summed E-state index contributed by atoms with van der Waals surface area (Å²) in [6.45, 7) is 7.27. The summed E-state index contributed by atoms with van der Waals surface area (Å²) >= 11 is 6.38. The largest absolute Gasteiger partial charge is 0.396 e. The van der Waals surface area contributed by atoms with Crippen LogP contribution in [0.1, 0.15) is 60.7 Å². The van der Waals surface area contributed by atoms with Crippen LogP contribution in [0.15, 0.2) is 48.7 Å². The van der Waals surface area contributed by atoms with Crippen LogP contribution in [0.5, 0.6) is 0 Å². The molecule has 0 unspecified atom stereocenters. The molecule has 2 aromatic carbocycles. The second kappa shape index (κ2) is 11.0. The topological polar surface area (TPSA) is 87.5 Å². The van der Waals surface area contributed by atoms with Crippen LogP contribution in [-0.2, 0) is 5.54 Å². The van der Waals surface area contributed by atoms with E-state index in [0.717, 1.165) is 19.3 Å². The molecule has 7 nitrogen and oxygen atoms in total. The molecule has 37 heavy (non-hydrogen) atoms. The molecular formula is C28H32ClFN4O3. The van der Waals surface area contributed by atoms with Crippen LogP contribution in [0, 0.1) is 11.7 Å². The lowest BCUT2D eigenvalue weighted by molar-refractivity contribution is 0.0678. The van der Waals surface area contributed by atoms with E-state index in [-0.39, 0.29) is 18.3 Å².